The van der Waals surface area contributed by atoms with Gasteiger partial charge >= 0.3 is 0 Å². The normalized spacial score (nSPS) is 23.2. The number of rotatable bonds is 4. The quantitative estimate of drug-likeness (QED) is 0.832. The second kappa shape index (κ2) is 6.33. The lowest BCUT2D eigenvalue weighted by molar-refractivity contribution is 0.296. The summed E-state index contributed by atoms with van der Waals surface area (Å²) >= 11 is 0. The van der Waals surface area contributed by atoms with Gasteiger partial charge in [-0.15, -0.1) is 0 Å². The summed E-state index contributed by atoms with van der Waals surface area (Å²) in [5, 5.41) is 0. The molecule has 2 rings (SSSR count). The van der Waals surface area contributed by atoms with Gasteiger partial charge in [-0.3, -0.25) is 0 Å². The van der Waals surface area contributed by atoms with E-state index in [-0.39, 0.29) is 12.0 Å². The van der Waals surface area contributed by atoms with Crippen molar-refractivity contribution < 1.29 is 21.6 Å². The smallest absolute Gasteiger partial charge is 0.241 e. The highest BCUT2D eigenvalue weighted by Crippen LogP contribution is 2.26. The maximum absolute atomic E-state index is 13.2. The fraction of sp³-hybridized carbons (Fsp3) is 0.538. The maximum Gasteiger partial charge on any atom is 0.241 e. The summed E-state index contributed by atoms with van der Waals surface area (Å²) in [6, 6.07) is 0.576. The molecule has 1 aliphatic rings. The number of sulfonamides is 1. The van der Waals surface area contributed by atoms with Gasteiger partial charge in [-0.1, -0.05) is 12.8 Å². The Morgan fingerprint density at radius 2 is 1.71 bits per heavy atom. The van der Waals surface area contributed by atoms with E-state index in [1.165, 1.54) is 0 Å². The van der Waals surface area contributed by atoms with E-state index in [9.17, 15) is 21.6 Å². The summed E-state index contributed by atoms with van der Waals surface area (Å²) in [5.74, 6) is -4.76. The van der Waals surface area contributed by atoms with Crippen molar-refractivity contribution in [1.29, 1.82) is 0 Å². The maximum atomic E-state index is 13.2. The minimum absolute atomic E-state index is 0.0105. The van der Waals surface area contributed by atoms with Crippen LogP contribution in [0.2, 0.25) is 0 Å². The Bertz CT molecular complexity index is 599. The van der Waals surface area contributed by atoms with E-state index < -0.39 is 32.4 Å². The average Bonchev–Trinajstić information content (AvgIpc) is 2.44. The molecule has 2 atom stereocenters. The van der Waals surface area contributed by atoms with Gasteiger partial charge in [-0.2, -0.15) is 0 Å². The monoisotopic (exact) mass is 322 g/mol. The number of halogens is 3. The molecule has 1 fully saturated rings. The van der Waals surface area contributed by atoms with Gasteiger partial charge in [0.05, 0.1) is 4.90 Å². The molecule has 0 amide bonds. The predicted molar refractivity (Wildman–Crippen MR) is 71.4 cm³/mol. The standard InChI is InChI=1S/C13H17F3N2O2S/c14-10-5-9(6-11(15)13(10)16)21(19,20)18-12-4-2-1-3-8(12)7-17/h5-6,8,12,18H,1-4,7,17H2. The molecule has 1 saturated carbocycles. The lowest BCUT2D eigenvalue weighted by atomic mass is 9.85. The number of benzene rings is 1. The second-order valence-corrected chi connectivity index (χ2v) is 6.92. The first kappa shape index (κ1) is 16.3. The third-order valence-electron chi connectivity index (χ3n) is 3.79. The molecule has 1 aliphatic carbocycles. The fourth-order valence-electron chi connectivity index (χ4n) is 2.60. The molecular weight excluding hydrogens is 305 g/mol. The van der Waals surface area contributed by atoms with E-state index in [2.05, 4.69) is 4.72 Å². The molecule has 0 saturated heterocycles. The van der Waals surface area contributed by atoms with Crippen LogP contribution in [0.4, 0.5) is 13.2 Å². The summed E-state index contributed by atoms with van der Waals surface area (Å²) in [4.78, 5) is -0.625. The summed E-state index contributed by atoms with van der Waals surface area (Å²) in [6.45, 7) is 0.333. The first-order chi connectivity index (χ1) is 9.85. The summed E-state index contributed by atoms with van der Waals surface area (Å²) in [7, 11) is -4.12. The first-order valence-corrected chi connectivity index (χ1v) is 8.20. The van der Waals surface area contributed by atoms with Gasteiger partial charge < -0.3 is 5.73 Å². The molecule has 1 aromatic carbocycles. The van der Waals surface area contributed by atoms with Crippen LogP contribution >= 0.6 is 0 Å². The van der Waals surface area contributed by atoms with Gasteiger partial charge in [0.25, 0.3) is 0 Å². The second-order valence-electron chi connectivity index (χ2n) is 5.21. The molecule has 1 aromatic rings. The molecule has 118 valence electrons. The average molecular weight is 322 g/mol. The zero-order valence-electron chi connectivity index (χ0n) is 11.3. The van der Waals surface area contributed by atoms with E-state index in [1.807, 2.05) is 0 Å². The third-order valence-corrected chi connectivity index (χ3v) is 5.26. The lowest BCUT2D eigenvalue weighted by Gasteiger charge is -2.31. The molecule has 0 radical (unpaired) electrons. The van der Waals surface area contributed by atoms with Crippen molar-refractivity contribution in [3.05, 3.63) is 29.6 Å². The number of hydrogen-bond donors (Lipinski definition) is 2. The minimum atomic E-state index is -4.12. The summed E-state index contributed by atoms with van der Waals surface area (Å²) in [5.41, 5.74) is 5.61. The lowest BCUT2D eigenvalue weighted by Crippen LogP contribution is -2.44. The van der Waals surface area contributed by atoms with Crippen LogP contribution in [0.25, 0.3) is 0 Å². The molecule has 0 heterocycles. The summed E-state index contributed by atoms with van der Waals surface area (Å²) < 4.78 is 66.0. The van der Waals surface area contributed by atoms with Crippen molar-refractivity contribution in [3.63, 3.8) is 0 Å². The van der Waals surface area contributed by atoms with Crippen LogP contribution in [0.3, 0.4) is 0 Å². The molecule has 4 nitrogen and oxygen atoms in total. The van der Waals surface area contributed by atoms with Gasteiger partial charge in [0.15, 0.2) is 17.5 Å². The van der Waals surface area contributed by atoms with Crippen LogP contribution in [0.5, 0.6) is 0 Å². The van der Waals surface area contributed by atoms with Crippen molar-refractivity contribution in [2.75, 3.05) is 6.54 Å². The highest BCUT2D eigenvalue weighted by molar-refractivity contribution is 7.89. The fourth-order valence-corrected chi connectivity index (χ4v) is 3.96. The van der Waals surface area contributed by atoms with Gasteiger partial charge in [-0.25, -0.2) is 26.3 Å². The van der Waals surface area contributed by atoms with Crippen LogP contribution in [0.15, 0.2) is 17.0 Å². The molecule has 0 aliphatic heterocycles. The molecular formula is C13H17F3N2O2S. The molecule has 0 spiro atoms. The third kappa shape index (κ3) is 3.56. The Morgan fingerprint density at radius 3 is 2.29 bits per heavy atom. The molecule has 0 bridgehead atoms. The minimum Gasteiger partial charge on any atom is -0.330 e. The van der Waals surface area contributed by atoms with Crippen LogP contribution < -0.4 is 10.5 Å². The topological polar surface area (TPSA) is 72.2 Å². The van der Waals surface area contributed by atoms with E-state index in [0.717, 1.165) is 19.3 Å². The van der Waals surface area contributed by atoms with Crippen LogP contribution in [0, 0.1) is 23.4 Å². The van der Waals surface area contributed by atoms with Crippen molar-refractivity contribution in [1.82, 2.24) is 4.72 Å². The van der Waals surface area contributed by atoms with Gasteiger partial charge in [-0.05, 0) is 37.4 Å². The van der Waals surface area contributed by atoms with E-state index in [1.54, 1.807) is 0 Å². The molecule has 2 unspecified atom stereocenters. The zero-order chi connectivity index (χ0) is 15.6. The Balaban J connectivity index is 2.26. The van der Waals surface area contributed by atoms with Crippen molar-refractivity contribution >= 4 is 10.0 Å². The van der Waals surface area contributed by atoms with Crippen LogP contribution in [-0.4, -0.2) is 21.0 Å². The van der Waals surface area contributed by atoms with Crippen LogP contribution in [-0.2, 0) is 10.0 Å². The number of hydrogen-bond acceptors (Lipinski definition) is 3. The highest BCUT2D eigenvalue weighted by atomic mass is 32.2. The molecule has 21 heavy (non-hydrogen) atoms. The van der Waals surface area contributed by atoms with Crippen molar-refractivity contribution in [2.45, 2.75) is 36.6 Å². The molecule has 0 aromatic heterocycles. The number of nitrogens with one attached hydrogen (secondary N) is 1. The van der Waals surface area contributed by atoms with Gasteiger partial charge in [0.2, 0.25) is 10.0 Å². The van der Waals surface area contributed by atoms with Gasteiger partial charge in [0, 0.05) is 6.04 Å². The van der Waals surface area contributed by atoms with E-state index in [0.29, 0.717) is 25.1 Å². The Kier molecular flexibility index (Phi) is 4.90. The zero-order valence-corrected chi connectivity index (χ0v) is 12.1. The first-order valence-electron chi connectivity index (χ1n) is 6.72. The van der Waals surface area contributed by atoms with E-state index in [4.69, 9.17) is 5.73 Å². The van der Waals surface area contributed by atoms with Gasteiger partial charge in [0.1, 0.15) is 0 Å². The predicted octanol–water partition coefficient (Wildman–Crippen LogP) is 1.90. The largest absolute Gasteiger partial charge is 0.330 e. The molecule has 8 heteroatoms. The Morgan fingerprint density at radius 1 is 1.14 bits per heavy atom. The summed E-state index contributed by atoms with van der Waals surface area (Å²) in [6.07, 6.45) is 3.25. The highest BCUT2D eigenvalue weighted by Gasteiger charge is 2.29. The number of nitrogens with two attached hydrogens (primary N) is 1. The Hall–Kier alpha value is -1.12. The van der Waals surface area contributed by atoms with Crippen molar-refractivity contribution in [3.8, 4) is 0 Å². The molecule has 3 N–H and O–H groups in total. The van der Waals surface area contributed by atoms with E-state index >= 15 is 0 Å². The van der Waals surface area contributed by atoms with Crippen LogP contribution in [0.1, 0.15) is 25.7 Å². The van der Waals surface area contributed by atoms with Crippen molar-refractivity contribution in [2.24, 2.45) is 11.7 Å². The SMILES string of the molecule is NCC1CCCCC1NS(=O)(=O)c1cc(F)c(F)c(F)c1. The Labute approximate surface area is 121 Å².